The van der Waals surface area contributed by atoms with Crippen LogP contribution in [-0.2, 0) is 4.79 Å². The smallest absolute Gasteiger partial charge is 0.279 e. The number of carbonyl (C=O) groups is 1. The van der Waals surface area contributed by atoms with Crippen molar-refractivity contribution < 1.29 is 10.1 Å². The van der Waals surface area contributed by atoms with Crippen LogP contribution in [0.3, 0.4) is 0 Å². The van der Waals surface area contributed by atoms with Crippen molar-refractivity contribution in [3.63, 3.8) is 0 Å². The lowest BCUT2D eigenvalue weighted by Crippen LogP contribution is -2.87. The third-order valence-electron chi connectivity index (χ3n) is 3.71. The zero-order valence-corrected chi connectivity index (χ0v) is 15.8. The van der Waals surface area contributed by atoms with Crippen LogP contribution in [0, 0.1) is 0 Å². The number of halogens is 1. The Morgan fingerprint density at radius 2 is 1.91 bits per heavy atom. The quantitative estimate of drug-likeness (QED) is 0.702. The highest BCUT2D eigenvalue weighted by Gasteiger charge is 2.15. The van der Waals surface area contributed by atoms with Crippen molar-refractivity contribution in [2.75, 3.05) is 18.1 Å². The molecule has 3 N–H and O–H groups in total. The maximum atomic E-state index is 12.2. The average Bonchev–Trinajstić information content (AvgIpc) is 2.57. The highest BCUT2D eigenvalue weighted by atomic mass is 79.9. The number of para-hydroxylation sites is 1. The molecule has 0 radical (unpaired) electrons. The predicted molar refractivity (Wildman–Crippen MR) is 101 cm³/mol. The first-order valence-electron chi connectivity index (χ1n) is 7.65. The van der Waals surface area contributed by atoms with Crippen LogP contribution in [-0.4, -0.2) is 18.7 Å². The molecule has 0 aliphatic heterocycles. The van der Waals surface area contributed by atoms with Gasteiger partial charge in [-0.05, 0) is 30.5 Å². The molecule has 1 amide bonds. The molecule has 0 saturated heterocycles. The van der Waals surface area contributed by atoms with Gasteiger partial charge in [0.2, 0.25) is 0 Å². The largest absolute Gasteiger partial charge is 0.332 e. The van der Waals surface area contributed by atoms with Crippen LogP contribution in [0.25, 0.3) is 0 Å². The fraction of sp³-hybridized carbons (Fsp3) is 0.278. The maximum absolute atomic E-state index is 12.2. The summed E-state index contributed by atoms with van der Waals surface area (Å²) in [6, 6.07) is 16.5. The van der Waals surface area contributed by atoms with E-state index in [1.807, 2.05) is 42.7 Å². The van der Waals surface area contributed by atoms with E-state index in [2.05, 4.69) is 45.6 Å². The summed E-state index contributed by atoms with van der Waals surface area (Å²) in [6.07, 6.45) is 2.99. The number of quaternary nitrogens is 1. The van der Waals surface area contributed by atoms with Crippen LogP contribution < -0.4 is 10.6 Å². The first kappa shape index (κ1) is 18.0. The molecule has 0 aliphatic rings. The van der Waals surface area contributed by atoms with Gasteiger partial charge in [-0.1, -0.05) is 47.1 Å². The van der Waals surface area contributed by atoms with E-state index >= 15 is 0 Å². The lowest BCUT2D eigenvalue weighted by atomic mass is 10.0. The van der Waals surface area contributed by atoms with Gasteiger partial charge >= 0.3 is 0 Å². The zero-order valence-electron chi connectivity index (χ0n) is 13.4. The van der Waals surface area contributed by atoms with E-state index in [4.69, 9.17) is 0 Å². The molecule has 0 fully saturated rings. The molecule has 0 aromatic heterocycles. The van der Waals surface area contributed by atoms with E-state index in [1.165, 1.54) is 5.56 Å². The Balaban J connectivity index is 1.93. The van der Waals surface area contributed by atoms with E-state index in [1.54, 1.807) is 11.8 Å². The van der Waals surface area contributed by atoms with Gasteiger partial charge < -0.3 is 10.6 Å². The Kier molecular flexibility index (Phi) is 7.15. The van der Waals surface area contributed by atoms with Gasteiger partial charge in [-0.25, -0.2) is 0 Å². The van der Waals surface area contributed by atoms with E-state index < -0.39 is 0 Å². The minimum absolute atomic E-state index is 0.0297. The summed E-state index contributed by atoms with van der Waals surface area (Å²) in [5, 5.41) is 5.10. The second-order valence-electron chi connectivity index (χ2n) is 5.25. The van der Waals surface area contributed by atoms with Crippen molar-refractivity contribution in [3.05, 3.63) is 58.6 Å². The predicted octanol–water partition coefficient (Wildman–Crippen LogP) is 3.82. The molecule has 1 atom stereocenters. The van der Waals surface area contributed by atoms with Gasteiger partial charge in [-0.2, -0.15) is 0 Å². The van der Waals surface area contributed by atoms with Crippen LogP contribution in [0.5, 0.6) is 0 Å². The van der Waals surface area contributed by atoms with Crippen molar-refractivity contribution >= 4 is 39.3 Å². The Labute approximate surface area is 150 Å². The first-order chi connectivity index (χ1) is 11.1. The third kappa shape index (κ3) is 5.37. The number of carbonyl (C=O) groups excluding carboxylic acids is 1. The molecule has 0 bridgehead atoms. The number of hydrogen-bond acceptors (Lipinski definition) is 2. The zero-order chi connectivity index (χ0) is 16.7. The molecule has 0 spiro atoms. The van der Waals surface area contributed by atoms with E-state index in [9.17, 15) is 4.79 Å². The normalized spacial score (nSPS) is 12.0. The molecular formula is C18H22BrN2OS+. The molecule has 122 valence electrons. The Hall–Kier alpha value is -1.30. The van der Waals surface area contributed by atoms with Crippen molar-refractivity contribution in [2.45, 2.75) is 24.3 Å². The molecule has 3 nitrogen and oxygen atoms in total. The molecule has 2 aromatic rings. The minimum Gasteiger partial charge on any atom is -0.332 e. The van der Waals surface area contributed by atoms with Gasteiger partial charge in [0.05, 0.1) is 5.69 Å². The van der Waals surface area contributed by atoms with Crippen LogP contribution in [0.15, 0.2) is 57.9 Å². The second kappa shape index (κ2) is 9.11. The molecule has 0 heterocycles. The van der Waals surface area contributed by atoms with Crippen LogP contribution in [0.2, 0.25) is 0 Å². The van der Waals surface area contributed by atoms with Crippen LogP contribution in [0.1, 0.15) is 24.9 Å². The fourth-order valence-corrected chi connectivity index (χ4v) is 3.26. The van der Waals surface area contributed by atoms with Crippen molar-refractivity contribution in [1.82, 2.24) is 0 Å². The van der Waals surface area contributed by atoms with Gasteiger partial charge in [0.25, 0.3) is 5.91 Å². The summed E-state index contributed by atoms with van der Waals surface area (Å²) in [7, 11) is 0. The monoisotopic (exact) mass is 393 g/mol. The molecule has 0 unspecified atom stereocenters. The molecule has 2 rings (SSSR count). The number of thioether (sulfide) groups is 1. The maximum Gasteiger partial charge on any atom is 0.279 e. The van der Waals surface area contributed by atoms with E-state index in [-0.39, 0.29) is 5.91 Å². The SMILES string of the molecule is CC[C@@H]([NH2+]CC(=O)Nc1ccccc1SC)c1ccc(Br)cc1. The van der Waals surface area contributed by atoms with Gasteiger partial charge in [-0.3, -0.25) is 4.79 Å². The summed E-state index contributed by atoms with van der Waals surface area (Å²) in [5.41, 5.74) is 2.13. The summed E-state index contributed by atoms with van der Waals surface area (Å²) in [4.78, 5) is 13.3. The molecule has 2 aromatic carbocycles. The van der Waals surface area contributed by atoms with Gasteiger partial charge in [0, 0.05) is 21.4 Å². The molecule has 5 heteroatoms. The van der Waals surface area contributed by atoms with Crippen molar-refractivity contribution in [2.24, 2.45) is 0 Å². The number of rotatable bonds is 7. The number of nitrogens with one attached hydrogen (secondary N) is 1. The number of amides is 1. The summed E-state index contributed by atoms with van der Waals surface area (Å²) >= 11 is 5.09. The topological polar surface area (TPSA) is 45.7 Å². The van der Waals surface area contributed by atoms with Crippen LogP contribution >= 0.6 is 27.7 Å². The molecule has 0 aliphatic carbocycles. The number of nitrogens with two attached hydrogens (primary N) is 1. The van der Waals surface area contributed by atoms with Gasteiger partial charge in [0.1, 0.15) is 6.04 Å². The Morgan fingerprint density at radius 1 is 1.22 bits per heavy atom. The van der Waals surface area contributed by atoms with Crippen molar-refractivity contribution in [1.29, 1.82) is 0 Å². The summed E-state index contributed by atoms with van der Waals surface area (Å²) in [5.74, 6) is 0.0297. The average molecular weight is 394 g/mol. The third-order valence-corrected chi connectivity index (χ3v) is 5.03. The number of anilines is 1. The minimum atomic E-state index is 0.0297. The lowest BCUT2D eigenvalue weighted by Gasteiger charge is -2.15. The molecule has 23 heavy (non-hydrogen) atoms. The van der Waals surface area contributed by atoms with Crippen LogP contribution in [0.4, 0.5) is 5.69 Å². The van der Waals surface area contributed by atoms with E-state index in [0.29, 0.717) is 12.6 Å². The standard InChI is InChI=1S/C18H21BrN2OS/c1-3-15(13-8-10-14(19)11-9-13)20-12-18(22)21-16-6-4-5-7-17(16)23-2/h4-11,15,20H,3,12H2,1-2H3,(H,21,22)/p+1/t15-/m1/s1. The van der Waals surface area contributed by atoms with Gasteiger partial charge in [-0.15, -0.1) is 11.8 Å². The highest BCUT2D eigenvalue weighted by Crippen LogP contribution is 2.24. The van der Waals surface area contributed by atoms with Gasteiger partial charge in [0.15, 0.2) is 6.54 Å². The summed E-state index contributed by atoms with van der Waals surface area (Å²) in [6.45, 7) is 2.56. The van der Waals surface area contributed by atoms with E-state index in [0.717, 1.165) is 21.5 Å². The molecular weight excluding hydrogens is 372 g/mol. The van der Waals surface area contributed by atoms with Crippen molar-refractivity contribution in [3.8, 4) is 0 Å². The highest BCUT2D eigenvalue weighted by molar-refractivity contribution is 9.10. The second-order valence-corrected chi connectivity index (χ2v) is 7.02. The number of hydrogen-bond donors (Lipinski definition) is 2. The Bertz CT molecular complexity index is 646. The summed E-state index contributed by atoms with van der Waals surface area (Å²) < 4.78 is 1.07. The fourth-order valence-electron chi connectivity index (χ4n) is 2.45. The lowest BCUT2D eigenvalue weighted by molar-refractivity contribution is -0.686. The first-order valence-corrected chi connectivity index (χ1v) is 9.67. The Morgan fingerprint density at radius 3 is 2.57 bits per heavy atom. The molecule has 0 saturated carbocycles. The number of benzene rings is 2.